The number of para-hydroxylation sites is 1. The van der Waals surface area contributed by atoms with Crippen LogP contribution in [0.3, 0.4) is 0 Å². The van der Waals surface area contributed by atoms with Gasteiger partial charge in [0, 0.05) is 16.3 Å². The van der Waals surface area contributed by atoms with Crippen LogP contribution in [0.1, 0.15) is 31.5 Å². The summed E-state index contributed by atoms with van der Waals surface area (Å²) in [6.07, 6.45) is 0. The Kier molecular flexibility index (Phi) is 7.60. The predicted molar refractivity (Wildman–Crippen MR) is 138 cm³/mol. The lowest BCUT2D eigenvalue weighted by Gasteiger charge is -2.17. The van der Waals surface area contributed by atoms with Crippen LogP contribution in [-0.2, 0) is 4.79 Å². The molecule has 0 radical (unpaired) electrons. The van der Waals surface area contributed by atoms with E-state index in [2.05, 4.69) is 10.6 Å². The fraction of sp³-hybridized carbons (Fsp3) is 0.0357. The van der Waals surface area contributed by atoms with Gasteiger partial charge in [-0.15, -0.1) is 11.8 Å². The Morgan fingerprint density at radius 2 is 1.17 bits per heavy atom. The van der Waals surface area contributed by atoms with Gasteiger partial charge in [0.15, 0.2) is 0 Å². The Labute approximate surface area is 207 Å². The number of anilines is 2. The lowest BCUT2D eigenvalue weighted by Crippen LogP contribution is -2.19. The first kappa shape index (κ1) is 23.8. The molecule has 4 rings (SSSR count). The number of carboxylic acids is 1. The molecular formula is C28H22N2O4S. The van der Waals surface area contributed by atoms with Gasteiger partial charge in [-0.05, 0) is 54.1 Å². The lowest BCUT2D eigenvalue weighted by atomic mass is 10.1. The monoisotopic (exact) mass is 482 g/mol. The second kappa shape index (κ2) is 11.2. The Morgan fingerprint density at radius 3 is 1.80 bits per heavy atom. The molecule has 1 atom stereocenters. The Bertz CT molecular complexity index is 1330. The minimum atomic E-state index is -1.16. The number of carbonyl (C=O) groups is 3. The molecule has 2 amide bonds. The number of hydrogen-bond acceptors (Lipinski definition) is 4. The molecule has 7 heteroatoms. The summed E-state index contributed by atoms with van der Waals surface area (Å²) >= 11 is 1.40. The molecule has 0 spiro atoms. The summed E-state index contributed by atoms with van der Waals surface area (Å²) in [4.78, 5) is 38.0. The standard InChI is InChI=1S/C28H22N2O4S/c31-26(23-13-7-8-14-24(23)28(33)34)29-21-15-17-22(18-16-21)35-25(19-9-3-1-4-10-19)27(32)30-20-11-5-2-6-12-20/h1-18,25H,(H,29,31)(H,30,32)(H,33,34). The van der Waals surface area contributed by atoms with Gasteiger partial charge in [-0.3, -0.25) is 9.59 Å². The number of benzene rings is 4. The van der Waals surface area contributed by atoms with E-state index in [0.717, 1.165) is 16.1 Å². The van der Waals surface area contributed by atoms with E-state index in [1.165, 1.54) is 23.9 Å². The fourth-order valence-corrected chi connectivity index (χ4v) is 4.47. The average Bonchev–Trinajstić information content (AvgIpc) is 2.89. The average molecular weight is 483 g/mol. The zero-order valence-electron chi connectivity index (χ0n) is 18.5. The van der Waals surface area contributed by atoms with Gasteiger partial charge in [0.2, 0.25) is 5.91 Å². The van der Waals surface area contributed by atoms with Crippen LogP contribution < -0.4 is 10.6 Å². The summed E-state index contributed by atoms with van der Waals surface area (Å²) in [5.74, 6) is -1.81. The highest BCUT2D eigenvalue weighted by Gasteiger charge is 2.22. The third-order valence-electron chi connectivity index (χ3n) is 5.15. The van der Waals surface area contributed by atoms with Gasteiger partial charge in [0.1, 0.15) is 5.25 Å². The van der Waals surface area contributed by atoms with Gasteiger partial charge in [-0.2, -0.15) is 0 Å². The van der Waals surface area contributed by atoms with Crippen LogP contribution >= 0.6 is 11.8 Å². The maximum absolute atomic E-state index is 13.1. The largest absolute Gasteiger partial charge is 0.478 e. The first-order valence-electron chi connectivity index (χ1n) is 10.8. The van der Waals surface area contributed by atoms with Crippen LogP contribution in [0, 0.1) is 0 Å². The van der Waals surface area contributed by atoms with Crippen LogP contribution in [0.5, 0.6) is 0 Å². The molecule has 0 bridgehead atoms. The highest BCUT2D eigenvalue weighted by atomic mass is 32.2. The number of carboxylic acid groups (broad SMARTS) is 1. The number of carbonyl (C=O) groups excluding carboxylic acids is 2. The molecule has 0 fully saturated rings. The van der Waals surface area contributed by atoms with Crippen molar-refractivity contribution in [3.63, 3.8) is 0 Å². The van der Waals surface area contributed by atoms with Crippen LogP contribution in [0.4, 0.5) is 11.4 Å². The Morgan fingerprint density at radius 1 is 0.629 bits per heavy atom. The summed E-state index contributed by atoms with van der Waals surface area (Å²) in [5, 5.41) is 14.5. The molecule has 0 aliphatic rings. The normalized spacial score (nSPS) is 11.3. The third kappa shape index (κ3) is 6.16. The topological polar surface area (TPSA) is 95.5 Å². The highest BCUT2D eigenvalue weighted by Crippen LogP contribution is 2.36. The van der Waals surface area contributed by atoms with Gasteiger partial charge in [0.25, 0.3) is 5.91 Å². The van der Waals surface area contributed by atoms with Crippen LogP contribution in [0.2, 0.25) is 0 Å². The van der Waals surface area contributed by atoms with E-state index in [1.54, 1.807) is 24.3 Å². The Balaban J connectivity index is 1.49. The molecule has 0 aliphatic carbocycles. The van der Waals surface area contributed by atoms with Crippen molar-refractivity contribution in [3.05, 3.63) is 126 Å². The summed E-state index contributed by atoms with van der Waals surface area (Å²) in [7, 11) is 0. The molecule has 1 unspecified atom stereocenters. The van der Waals surface area contributed by atoms with E-state index in [1.807, 2.05) is 72.8 Å². The maximum atomic E-state index is 13.1. The molecule has 0 saturated heterocycles. The van der Waals surface area contributed by atoms with E-state index in [-0.39, 0.29) is 17.0 Å². The SMILES string of the molecule is O=C(O)c1ccccc1C(=O)Nc1ccc(SC(C(=O)Nc2ccccc2)c2ccccc2)cc1. The number of hydrogen-bond donors (Lipinski definition) is 3. The van der Waals surface area contributed by atoms with Crippen molar-refractivity contribution in [2.45, 2.75) is 10.1 Å². The molecule has 0 aromatic heterocycles. The first-order valence-corrected chi connectivity index (χ1v) is 11.7. The van der Waals surface area contributed by atoms with Gasteiger partial charge >= 0.3 is 5.97 Å². The van der Waals surface area contributed by atoms with E-state index < -0.39 is 17.1 Å². The van der Waals surface area contributed by atoms with Crippen molar-refractivity contribution in [1.29, 1.82) is 0 Å². The molecule has 4 aromatic carbocycles. The predicted octanol–water partition coefficient (Wildman–Crippen LogP) is 6.11. The Hall–Kier alpha value is -4.36. The quantitative estimate of drug-likeness (QED) is 0.263. The van der Waals surface area contributed by atoms with Gasteiger partial charge in [-0.25, -0.2) is 4.79 Å². The molecule has 6 nitrogen and oxygen atoms in total. The molecule has 4 aromatic rings. The zero-order valence-corrected chi connectivity index (χ0v) is 19.4. The lowest BCUT2D eigenvalue weighted by molar-refractivity contribution is -0.115. The molecule has 0 aliphatic heterocycles. The van der Waals surface area contributed by atoms with Crippen molar-refractivity contribution in [1.82, 2.24) is 0 Å². The van der Waals surface area contributed by atoms with Crippen LogP contribution in [0.15, 0.2) is 114 Å². The fourth-order valence-electron chi connectivity index (χ4n) is 3.45. The summed E-state index contributed by atoms with van der Waals surface area (Å²) in [6, 6.07) is 31.9. The molecule has 3 N–H and O–H groups in total. The van der Waals surface area contributed by atoms with Gasteiger partial charge in [0.05, 0.1) is 11.1 Å². The highest BCUT2D eigenvalue weighted by molar-refractivity contribution is 8.00. The number of rotatable bonds is 8. The molecular weight excluding hydrogens is 460 g/mol. The number of thioether (sulfide) groups is 1. The maximum Gasteiger partial charge on any atom is 0.336 e. The van der Waals surface area contributed by atoms with Crippen molar-refractivity contribution >= 4 is 40.9 Å². The minimum absolute atomic E-state index is 0.0627. The molecule has 174 valence electrons. The van der Waals surface area contributed by atoms with E-state index in [0.29, 0.717) is 5.69 Å². The third-order valence-corrected chi connectivity index (χ3v) is 6.42. The molecule has 35 heavy (non-hydrogen) atoms. The number of nitrogens with one attached hydrogen (secondary N) is 2. The van der Waals surface area contributed by atoms with Gasteiger partial charge in [-0.1, -0.05) is 60.7 Å². The van der Waals surface area contributed by atoms with Crippen molar-refractivity contribution in [3.8, 4) is 0 Å². The second-order valence-electron chi connectivity index (χ2n) is 7.59. The molecule has 0 saturated carbocycles. The minimum Gasteiger partial charge on any atom is -0.478 e. The van der Waals surface area contributed by atoms with E-state index >= 15 is 0 Å². The summed E-state index contributed by atoms with van der Waals surface area (Å²) in [5.41, 5.74) is 2.13. The smallest absolute Gasteiger partial charge is 0.336 e. The second-order valence-corrected chi connectivity index (χ2v) is 8.77. The molecule has 0 heterocycles. The number of aromatic carboxylic acids is 1. The van der Waals surface area contributed by atoms with Crippen LogP contribution in [0.25, 0.3) is 0 Å². The van der Waals surface area contributed by atoms with E-state index in [9.17, 15) is 19.5 Å². The first-order chi connectivity index (χ1) is 17.0. The van der Waals surface area contributed by atoms with Crippen molar-refractivity contribution < 1.29 is 19.5 Å². The number of amides is 2. The van der Waals surface area contributed by atoms with Gasteiger partial charge < -0.3 is 15.7 Å². The van der Waals surface area contributed by atoms with Crippen molar-refractivity contribution in [2.24, 2.45) is 0 Å². The summed E-state index contributed by atoms with van der Waals surface area (Å²) in [6.45, 7) is 0. The van der Waals surface area contributed by atoms with Crippen molar-refractivity contribution in [2.75, 3.05) is 10.6 Å². The summed E-state index contributed by atoms with van der Waals surface area (Å²) < 4.78 is 0. The van der Waals surface area contributed by atoms with E-state index in [4.69, 9.17) is 0 Å². The zero-order chi connectivity index (χ0) is 24.6. The van der Waals surface area contributed by atoms with Crippen LogP contribution in [-0.4, -0.2) is 22.9 Å².